The minimum atomic E-state index is 0.0828. The molecule has 2 aromatic rings. The Balaban J connectivity index is 2.18. The van der Waals surface area contributed by atoms with Gasteiger partial charge in [0, 0.05) is 25.8 Å². The van der Waals surface area contributed by atoms with Gasteiger partial charge in [0.1, 0.15) is 0 Å². The molecule has 0 aliphatic heterocycles. The van der Waals surface area contributed by atoms with Crippen LogP contribution < -0.4 is 0 Å². The second-order valence-corrected chi connectivity index (χ2v) is 6.70. The Morgan fingerprint density at radius 2 is 2.16 bits per heavy atom. The molecular formula is C14H14BrIN2O. The third-order valence-corrected chi connectivity index (χ3v) is 4.13. The molecule has 0 saturated carbocycles. The van der Waals surface area contributed by atoms with Gasteiger partial charge in [-0.1, -0.05) is 15.9 Å². The summed E-state index contributed by atoms with van der Waals surface area (Å²) in [6, 6.07) is 7.98. The van der Waals surface area contributed by atoms with Crippen LogP contribution in [0, 0.1) is 3.57 Å². The summed E-state index contributed by atoms with van der Waals surface area (Å²) in [6.07, 6.45) is 2.25. The molecule has 0 bridgehead atoms. The quantitative estimate of drug-likeness (QED) is 0.534. The third-order valence-electron chi connectivity index (χ3n) is 2.76. The highest BCUT2D eigenvalue weighted by atomic mass is 127. The normalized spacial score (nSPS) is 11.0. The summed E-state index contributed by atoms with van der Waals surface area (Å²) in [4.78, 5) is 12.3. The minimum absolute atomic E-state index is 0.0828. The van der Waals surface area contributed by atoms with Crippen molar-refractivity contribution in [3.8, 4) is 0 Å². The molecule has 0 aliphatic carbocycles. The van der Waals surface area contributed by atoms with Crippen LogP contribution in [0.1, 0.15) is 35.9 Å². The third kappa shape index (κ3) is 3.66. The lowest BCUT2D eigenvalue weighted by atomic mass is 10.1. The number of nitrogens with zero attached hydrogens (tertiary/aromatic N) is 2. The molecule has 0 saturated heterocycles. The molecule has 0 spiro atoms. The van der Waals surface area contributed by atoms with E-state index < -0.39 is 0 Å². The predicted molar refractivity (Wildman–Crippen MR) is 87.5 cm³/mol. The maximum absolute atomic E-state index is 12.3. The lowest BCUT2D eigenvalue weighted by Crippen LogP contribution is -2.07. The Kier molecular flexibility index (Phi) is 4.78. The number of halogens is 2. The van der Waals surface area contributed by atoms with Crippen LogP contribution in [-0.2, 0) is 6.42 Å². The van der Waals surface area contributed by atoms with Gasteiger partial charge in [0.05, 0.1) is 12.1 Å². The van der Waals surface area contributed by atoms with E-state index >= 15 is 0 Å². The van der Waals surface area contributed by atoms with E-state index in [1.807, 2.05) is 35.1 Å². The van der Waals surface area contributed by atoms with Crippen LogP contribution in [0.15, 0.2) is 34.9 Å². The fourth-order valence-corrected chi connectivity index (χ4v) is 2.69. The SMILES string of the molecule is CC(C)n1ccc(CC(=O)c2cc(I)ccc2Br)n1. The van der Waals surface area contributed by atoms with Crippen molar-refractivity contribution in [3.05, 3.63) is 49.8 Å². The van der Waals surface area contributed by atoms with Crippen molar-refractivity contribution in [1.29, 1.82) is 0 Å². The molecule has 0 unspecified atom stereocenters. The summed E-state index contributed by atoms with van der Waals surface area (Å²) in [5, 5.41) is 4.41. The molecule has 0 atom stereocenters. The molecule has 0 fully saturated rings. The summed E-state index contributed by atoms with van der Waals surface area (Å²) in [6.45, 7) is 4.13. The van der Waals surface area contributed by atoms with Crippen LogP contribution in [-0.4, -0.2) is 15.6 Å². The zero-order chi connectivity index (χ0) is 14.0. The van der Waals surface area contributed by atoms with E-state index in [0.29, 0.717) is 18.0 Å². The van der Waals surface area contributed by atoms with Gasteiger partial charge in [-0.05, 0) is 60.7 Å². The first-order chi connectivity index (χ1) is 8.97. The standard InChI is InChI=1S/C14H14BrIN2O/c1-9(2)18-6-5-11(17-18)8-14(19)12-7-10(16)3-4-13(12)15/h3-7,9H,8H2,1-2H3. The van der Waals surface area contributed by atoms with Gasteiger partial charge in [-0.15, -0.1) is 0 Å². The molecule has 19 heavy (non-hydrogen) atoms. The highest BCUT2D eigenvalue weighted by molar-refractivity contribution is 14.1. The molecule has 100 valence electrons. The molecule has 0 amide bonds. The fourth-order valence-electron chi connectivity index (χ4n) is 1.73. The molecule has 0 radical (unpaired) electrons. The monoisotopic (exact) mass is 432 g/mol. The molecule has 1 aromatic carbocycles. The van der Waals surface area contributed by atoms with Gasteiger partial charge in [0.15, 0.2) is 5.78 Å². The van der Waals surface area contributed by atoms with Crippen LogP contribution in [0.4, 0.5) is 0 Å². The van der Waals surface area contributed by atoms with Crippen LogP contribution >= 0.6 is 38.5 Å². The van der Waals surface area contributed by atoms with Crippen molar-refractivity contribution in [2.24, 2.45) is 0 Å². The van der Waals surface area contributed by atoms with E-state index in [4.69, 9.17) is 0 Å². The predicted octanol–water partition coefficient (Wildman–Crippen LogP) is 4.26. The zero-order valence-corrected chi connectivity index (χ0v) is 14.5. The van der Waals surface area contributed by atoms with Crippen LogP contribution in [0.2, 0.25) is 0 Å². The molecule has 3 nitrogen and oxygen atoms in total. The first kappa shape index (κ1) is 14.7. The number of rotatable bonds is 4. The summed E-state index contributed by atoms with van der Waals surface area (Å²) in [7, 11) is 0. The lowest BCUT2D eigenvalue weighted by molar-refractivity contribution is 0.0991. The largest absolute Gasteiger partial charge is 0.294 e. The van der Waals surface area contributed by atoms with E-state index in [9.17, 15) is 4.79 Å². The first-order valence-electron chi connectivity index (χ1n) is 5.99. The molecule has 0 aliphatic rings. The van der Waals surface area contributed by atoms with Gasteiger partial charge in [0.2, 0.25) is 0 Å². The maximum atomic E-state index is 12.3. The van der Waals surface area contributed by atoms with Gasteiger partial charge in [-0.3, -0.25) is 9.48 Å². The number of Topliss-reactive ketones (excluding diaryl/α,β-unsaturated/α-hetero) is 1. The molecular weight excluding hydrogens is 419 g/mol. The number of carbonyl (C=O) groups is 1. The Labute approximate surface area is 134 Å². The average molecular weight is 433 g/mol. The minimum Gasteiger partial charge on any atom is -0.294 e. The van der Waals surface area contributed by atoms with Crippen molar-refractivity contribution in [3.63, 3.8) is 0 Å². The van der Waals surface area contributed by atoms with Crippen LogP contribution in [0.5, 0.6) is 0 Å². The molecule has 1 heterocycles. The molecule has 1 aromatic heterocycles. The van der Waals surface area contributed by atoms with Crippen molar-refractivity contribution >= 4 is 44.3 Å². The molecule has 5 heteroatoms. The van der Waals surface area contributed by atoms with Crippen molar-refractivity contribution in [2.75, 3.05) is 0 Å². The van der Waals surface area contributed by atoms with E-state index in [2.05, 4.69) is 57.5 Å². The maximum Gasteiger partial charge on any atom is 0.170 e. The Bertz CT molecular complexity index is 607. The Morgan fingerprint density at radius 3 is 2.79 bits per heavy atom. The van der Waals surface area contributed by atoms with Crippen molar-refractivity contribution < 1.29 is 4.79 Å². The fraction of sp³-hybridized carbons (Fsp3) is 0.286. The van der Waals surface area contributed by atoms with Crippen LogP contribution in [0.25, 0.3) is 0 Å². The zero-order valence-electron chi connectivity index (χ0n) is 10.7. The number of aromatic nitrogens is 2. The van der Waals surface area contributed by atoms with Crippen molar-refractivity contribution in [1.82, 2.24) is 9.78 Å². The number of benzene rings is 1. The Hall–Kier alpha value is -0.690. The van der Waals surface area contributed by atoms with E-state index in [-0.39, 0.29) is 5.78 Å². The number of hydrogen-bond donors (Lipinski definition) is 0. The Morgan fingerprint density at radius 1 is 1.42 bits per heavy atom. The lowest BCUT2D eigenvalue weighted by Gasteiger charge is -2.05. The first-order valence-corrected chi connectivity index (χ1v) is 7.87. The number of carbonyl (C=O) groups excluding carboxylic acids is 1. The second kappa shape index (κ2) is 6.17. The summed E-state index contributed by atoms with van der Waals surface area (Å²) >= 11 is 5.63. The van der Waals surface area contributed by atoms with Gasteiger partial charge < -0.3 is 0 Å². The summed E-state index contributed by atoms with van der Waals surface area (Å²) in [5.74, 6) is 0.0828. The summed E-state index contributed by atoms with van der Waals surface area (Å²) < 4.78 is 3.75. The van der Waals surface area contributed by atoms with Gasteiger partial charge in [0.25, 0.3) is 0 Å². The topological polar surface area (TPSA) is 34.9 Å². The summed E-state index contributed by atoms with van der Waals surface area (Å²) in [5.41, 5.74) is 1.52. The van der Waals surface area contributed by atoms with Gasteiger partial charge in [-0.25, -0.2) is 0 Å². The highest BCUT2D eigenvalue weighted by Crippen LogP contribution is 2.21. The molecule has 0 N–H and O–H groups in total. The second-order valence-electron chi connectivity index (χ2n) is 4.60. The van der Waals surface area contributed by atoms with E-state index in [1.165, 1.54) is 0 Å². The van der Waals surface area contributed by atoms with Crippen molar-refractivity contribution in [2.45, 2.75) is 26.3 Å². The highest BCUT2D eigenvalue weighted by Gasteiger charge is 2.13. The number of hydrogen-bond acceptors (Lipinski definition) is 2. The van der Waals surface area contributed by atoms with Crippen LogP contribution in [0.3, 0.4) is 0 Å². The smallest absolute Gasteiger partial charge is 0.170 e. The van der Waals surface area contributed by atoms with Gasteiger partial charge in [-0.2, -0.15) is 5.10 Å². The molecule has 2 rings (SSSR count). The average Bonchev–Trinajstić information content (AvgIpc) is 2.80. The van der Waals surface area contributed by atoms with E-state index in [0.717, 1.165) is 13.7 Å². The number of ketones is 1. The van der Waals surface area contributed by atoms with E-state index in [1.54, 1.807) is 0 Å². The van der Waals surface area contributed by atoms with Gasteiger partial charge >= 0.3 is 0 Å².